The first-order chi connectivity index (χ1) is 25.2. The topological polar surface area (TPSA) is 43.6 Å². The number of rotatable bonds is 3. The highest BCUT2D eigenvalue weighted by atomic mass is 15.2. The van der Waals surface area contributed by atoms with Crippen LogP contribution in [-0.4, -0.2) is 19.5 Å². The summed E-state index contributed by atoms with van der Waals surface area (Å²) in [6.45, 7) is 0. The van der Waals surface area contributed by atoms with Crippen molar-refractivity contribution in [2.45, 2.75) is 37.5 Å². The minimum atomic E-state index is 0.0698. The Morgan fingerprint density at radius 3 is 1.82 bits per heavy atom. The molecule has 5 aliphatic carbocycles. The Hall–Kier alpha value is -5.61. The van der Waals surface area contributed by atoms with Crippen LogP contribution in [0.2, 0.25) is 0 Å². The van der Waals surface area contributed by atoms with Crippen LogP contribution in [0.4, 0.5) is 0 Å². The van der Waals surface area contributed by atoms with Crippen molar-refractivity contribution >= 4 is 32.6 Å². The molecule has 1 spiro atoms. The fraction of sp³-hybridized carbons (Fsp3) is 0.213. The van der Waals surface area contributed by atoms with Crippen LogP contribution in [0.3, 0.4) is 0 Å². The number of hydrogen-bond donors (Lipinski definition) is 0. The first-order valence-corrected chi connectivity index (χ1v) is 18.7. The monoisotopic (exact) mass is 656 g/mol. The fourth-order valence-electron chi connectivity index (χ4n) is 11.5. The third-order valence-corrected chi connectivity index (χ3v) is 13.2. The van der Waals surface area contributed by atoms with E-state index in [0.29, 0.717) is 29.4 Å². The van der Waals surface area contributed by atoms with Crippen LogP contribution in [0.1, 0.15) is 43.2 Å². The summed E-state index contributed by atoms with van der Waals surface area (Å²) in [5.41, 5.74) is 10.3. The summed E-state index contributed by atoms with van der Waals surface area (Å²) in [7, 11) is 0. The van der Waals surface area contributed by atoms with Gasteiger partial charge in [-0.25, -0.2) is 4.98 Å². The first kappa shape index (κ1) is 28.1. The molecular weight excluding hydrogens is 621 g/mol. The lowest BCUT2D eigenvalue weighted by Gasteiger charge is -2.61. The maximum Gasteiger partial charge on any atom is 0.238 e. The van der Waals surface area contributed by atoms with Crippen molar-refractivity contribution in [1.82, 2.24) is 19.5 Å². The van der Waals surface area contributed by atoms with Crippen LogP contribution in [0.25, 0.3) is 72.4 Å². The number of hydrogen-bond acceptors (Lipinski definition) is 3. The van der Waals surface area contributed by atoms with Gasteiger partial charge in [0.1, 0.15) is 0 Å². The summed E-state index contributed by atoms with van der Waals surface area (Å²) in [6, 6.07) is 48.6. The van der Waals surface area contributed by atoms with E-state index in [1.807, 2.05) is 12.1 Å². The molecule has 0 unspecified atom stereocenters. The van der Waals surface area contributed by atoms with Gasteiger partial charge >= 0.3 is 0 Å². The van der Waals surface area contributed by atoms with Gasteiger partial charge in [-0.1, -0.05) is 115 Å². The van der Waals surface area contributed by atoms with Gasteiger partial charge in [-0.2, -0.15) is 9.97 Å². The highest BCUT2D eigenvalue weighted by Crippen LogP contribution is 2.69. The lowest BCUT2D eigenvalue weighted by molar-refractivity contribution is -0.0399. The predicted molar refractivity (Wildman–Crippen MR) is 206 cm³/mol. The minimum Gasteiger partial charge on any atom is -0.278 e. The molecule has 0 saturated heterocycles. The standard InChI is InChI=1S/C47H36N4/c1-3-12-31(13-4-1)44-48-45(32-14-5-2-6-15-32)50-46(49-44)51-41-20-19-30-11-7-8-16-35(30)43(41)38-26-37-36-17-9-10-18-39(36)47(40(37)27-42(38)51)33-22-28-21-29(24-33)25-34(47)23-28/h1-20,26-29,33-34H,21-25H2. The molecule has 6 aromatic carbocycles. The Labute approximate surface area is 296 Å². The molecule has 0 atom stereocenters. The minimum absolute atomic E-state index is 0.0698. The van der Waals surface area contributed by atoms with Crippen LogP contribution in [0, 0.1) is 23.7 Å². The van der Waals surface area contributed by atoms with E-state index in [1.165, 1.54) is 70.3 Å². The van der Waals surface area contributed by atoms with E-state index >= 15 is 0 Å². The second kappa shape index (κ2) is 10.2. The van der Waals surface area contributed by atoms with Crippen molar-refractivity contribution in [3.05, 3.63) is 145 Å². The third kappa shape index (κ3) is 3.77. The highest BCUT2D eigenvalue weighted by Gasteiger charge is 2.61. The molecule has 0 N–H and O–H groups in total. The zero-order valence-electron chi connectivity index (χ0n) is 28.3. The molecule has 4 saturated carbocycles. The molecule has 13 rings (SSSR count). The van der Waals surface area contributed by atoms with Crippen LogP contribution in [0.15, 0.2) is 133 Å². The Kier molecular flexibility index (Phi) is 5.64. The van der Waals surface area contributed by atoms with Crippen molar-refractivity contribution in [3.63, 3.8) is 0 Å². The number of fused-ring (bicyclic) bond motifs is 8. The average Bonchev–Trinajstić information content (AvgIpc) is 3.66. The summed E-state index contributed by atoms with van der Waals surface area (Å²) in [5.74, 6) is 5.20. The number of nitrogens with zero attached hydrogens (tertiary/aromatic N) is 4. The first-order valence-electron chi connectivity index (χ1n) is 18.7. The van der Waals surface area contributed by atoms with E-state index in [1.54, 1.807) is 11.1 Å². The average molecular weight is 657 g/mol. The number of aromatic nitrogens is 4. The van der Waals surface area contributed by atoms with Gasteiger partial charge < -0.3 is 0 Å². The van der Waals surface area contributed by atoms with Gasteiger partial charge in [0.25, 0.3) is 0 Å². The van der Waals surface area contributed by atoms with Crippen molar-refractivity contribution in [3.8, 4) is 39.9 Å². The number of benzene rings is 6. The smallest absolute Gasteiger partial charge is 0.238 e. The fourth-order valence-corrected chi connectivity index (χ4v) is 11.5. The van der Waals surface area contributed by atoms with Gasteiger partial charge in [-0.05, 0) is 107 Å². The summed E-state index contributed by atoms with van der Waals surface area (Å²) in [6.07, 6.45) is 6.90. The lowest BCUT2D eigenvalue weighted by Crippen LogP contribution is -2.55. The second-order valence-corrected chi connectivity index (χ2v) is 15.7. The van der Waals surface area contributed by atoms with E-state index in [-0.39, 0.29) is 5.41 Å². The normalized spacial score (nSPS) is 24.2. The van der Waals surface area contributed by atoms with Crippen LogP contribution < -0.4 is 0 Å². The van der Waals surface area contributed by atoms with Gasteiger partial charge in [0.2, 0.25) is 5.95 Å². The van der Waals surface area contributed by atoms with Crippen molar-refractivity contribution in [1.29, 1.82) is 0 Å². The molecule has 2 heterocycles. The maximum atomic E-state index is 5.30. The van der Waals surface area contributed by atoms with Gasteiger partial charge in [-0.3, -0.25) is 4.57 Å². The Morgan fingerprint density at radius 1 is 0.490 bits per heavy atom. The largest absolute Gasteiger partial charge is 0.278 e. The van der Waals surface area contributed by atoms with E-state index in [9.17, 15) is 0 Å². The zero-order valence-corrected chi connectivity index (χ0v) is 28.3. The van der Waals surface area contributed by atoms with E-state index in [0.717, 1.165) is 28.5 Å². The maximum absolute atomic E-state index is 5.30. The van der Waals surface area contributed by atoms with Crippen molar-refractivity contribution in [2.75, 3.05) is 0 Å². The van der Waals surface area contributed by atoms with Gasteiger partial charge in [0.15, 0.2) is 11.6 Å². The summed E-state index contributed by atoms with van der Waals surface area (Å²) in [5, 5.41) is 5.03. The quantitative estimate of drug-likeness (QED) is 0.190. The molecule has 8 aromatic rings. The van der Waals surface area contributed by atoms with E-state index in [2.05, 4.69) is 126 Å². The third-order valence-electron chi connectivity index (χ3n) is 13.2. The molecule has 4 bridgehead atoms. The summed E-state index contributed by atoms with van der Waals surface area (Å²) >= 11 is 0. The molecule has 4 fully saturated rings. The summed E-state index contributed by atoms with van der Waals surface area (Å²) in [4.78, 5) is 15.7. The van der Waals surface area contributed by atoms with Crippen molar-refractivity contribution in [2.24, 2.45) is 23.7 Å². The van der Waals surface area contributed by atoms with Crippen LogP contribution in [0.5, 0.6) is 0 Å². The molecule has 51 heavy (non-hydrogen) atoms. The van der Waals surface area contributed by atoms with Gasteiger partial charge in [-0.15, -0.1) is 0 Å². The Morgan fingerprint density at radius 2 is 1.12 bits per heavy atom. The molecule has 0 radical (unpaired) electrons. The Bertz CT molecular complexity index is 2620. The van der Waals surface area contributed by atoms with E-state index in [4.69, 9.17) is 15.0 Å². The van der Waals surface area contributed by atoms with Crippen molar-refractivity contribution < 1.29 is 0 Å². The molecule has 5 aliphatic rings. The second-order valence-electron chi connectivity index (χ2n) is 15.7. The Balaban J connectivity index is 1.21. The molecule has 4 nitrogen and oxygen atoms in total. The van der Waals surface area contributed by atoms with Gasteiger partial charge in [0.05, 0.1) is 11.0 Å². The lowest BCUT2D eigenvalue weighted by atomic mass is 9.43. The van der Waals surface area contributed by atoms with Gasteiger partial charge in [0, 0.05) is 27.3 Å². The van der Waals surface area contributed by atoms with E-state index < -0.39 is 0 Å². The molecule has 244 valence electrons. The molecular formula is C47H36N4. The SMILES string of the molecule is c1ccc(-c2nc(-c3ccccc3)nc(-n3c4cc5c(cc4c4c6ccccc6ccc43)-c3ccccc3C53C4CC5CC(C4)CC3C5)n2)cc1. The molecule has 2 aromatic heterocycles. The zero-order chi connectivity index (χ0) is 33.3. The molecule has 0 amide bonds. The molecule has 0 aliphatic heterocycles. The predicted octanol–water partition coefficient (Wildman–Crippen LogP) is 11.2. The van der Waals surface area contributed by atoms with Crippen LogP contribution >= 0.6 is 0 Å². The summed E-state index contributed by atoms with van der Waals surface area (Å²) < 4.78 is 2.35. The van der Waals surface area contributed by atoms with Crippen LogP contribution in [-0.2, 0) is 5.41 Å². The molecule has 4 heteroatoms. The highest BCUT2D eigenvalue weighted by molar-refractivity contribution is 6.22.